The van der Waals surface area contributed by atoms with Gasteiger partial charge in [0.1, 0.15) is 0 Å². The second-order valence-corrected chi connectivity index (χ2v) is 5.96. The van der Waals surface area contributed by atoms with Crippen molar-refractivity contribution in [2.75, 3.05) is 7.05 Å². The molecule has 0 aliphatic heterocycles. The van der Waals surface area contributed by atoms with Gasteiger partial charge in [0.15, 0.2) is 0 Å². The number of carbonyl (C=O) groups is 1. The number of hydrogen-bond acceptors (Lipinski definition) is 1. The lowest BCUT2D eigenvalue weighted by atomic mass is 9.96. The van der Waals surface area contributed by atoms with E-state index in [2.05, 4.69) is 48.3 Å². The van der Waals surface area contributed by atoms with E-state index in [1.54, 1.807) is 0 Å². The van der Waals surface area contributed by atoms with Gasteiger partial charge in [0, 0.05) is 36.1 Å². The van der Waals surface area contributed by atoms with Crippen molar-refractivity contribution >= 4 is 16.8 Å². The molecule has 0 aliphatic rings. The third kappa shape index (κ3) is 2.87. The van der Waals surface area contributed by atoms with Crippen molar-refractivity contribution in [3.05, 3.63) is 71.4 Å². The first-order valence-corrected chi connectivity index (χ1v) is 8.00. The highest BCUT2D eigenvalue weighted by atomic mass is 16.2. The van der Waals surface area contributed by atoms with Crippen molar-refractivity contribution in [1.82, 2.24) is 9.88 Å². The summed E-state index contributed by atoms with van der Waals surface area (Å²) < 4.78 is 0. The molecule has 1 amide bonds. The molecule has 0 saturated heterocycles. The van der Waals surface area contributed by atoms with Crippen LogP contribution in [0.25, 0.3) is 10.9 Å². The fourth-order valence-corrected chi connectivity index (χ4v) is 3.07. The average molecular weight is 306 g/mol. The second kappa shape index (κ2) is 6.29. The van der Waals surface area contributed by atoms with E-state index in [1.165, 1.54) is 5.56 Å². The Morgan fingerprint density at radius 3 is 2.52 bits per heavy atom. The van der Waals surface area contributed by atoms with Gasteiger partial charge >= 0.3 is 0 Å². The minimum atomic E-state index is -0.0841. The van der Waals surface area contributed by atoms with Gasteiger partial charge in [-0.05, 0) is 18.6 Å². The number of nitrogens with one attached hydrogen (secondary N) is 1. The maximum Gasteiger partial charge on any atom is 0.222 e. The lowest BCUT2D eigenvalue weighted by molar-refractivity contribution is -0.131. The van der Waals surface area contributed by atoms with Crippen molar-refractivity contribution in [2.45, 2.75) is 26.3 Å². The predicted octanol–water partition coefficient (Wildman–Crippen LogP) is 4.43. The average Bonchev–Trinajstić information content (AvgIpc) is 3.00. The molecule has 0 saturated carbocycles. The molecule has 118 valence electrons. The highest BCUT2D eigenvalue weighted by Gasteiger charge is 2.24. The van der Waals surface area contributed by atoms with E-state index in [1.807, 2.05) is 37.2 Å². The summed E-state index contributed by atoms with van der Waals surface area (Å²) >= 11 is 0. The van der Waals surface area contributed by atoms with Crippen LogP contribution in [-0.2, 0) is 4.79 Å². The molecular weight excluding hydrogens is 284 g/mol. The number of benzene rings is 2. The number of aromatic nitrogens is 1. The zero-order chi connectivity index (χ0) is 16.4. The van der Waals surface area contributed by atoms with Gasteiger partial charge in [0.2, 0.25) is 5.91 Å². The summed E-state index contributed by atoms with van der Waals surface area (Å²) in [5, 5.41) is 1.16. The number of rotatable bonds is 4. The quantitative estimate of drug-likeness (QED) is 0.760. The van der Waals surface area contributed by atoms with Gasteiger partial charge in [0.25, 0.3) is 0 Å². The van der Waals surface area contributed by atoms with Gasteiger partial charge in [-0.3, -0.25) is 4.79 Å². The molecule has 1 unspecified atom stereocenters. The summed E-state index contributed by atoms with van der Waals surface area (Å²) in [6.07, 6.45) is 2.52. The van der Waals surface area contributed by atoms with Crippen LogP contribution in [-0.4, -0.2) is 22.8 Å². The summed E-state index contributed by atoms with van der Waals surface area (Å²) in [7, 11) is 1.89. The predicted molar refractivity (Wildman–Crippen MR) is 94.4 cm³/mol. The van der Waals surface area contributed by atoms with E-state index in [-0.39, 0.29) is 11.9 Å². The molecule has 0 fully saturated rings. The van der Waals surface area contributed by atoms with Crippen molar-refractivity contribution < 1.29 is 4.79 Å². The Morgan fingerprint density at radius 2 is 1.83 bits per heavy atom. The third-order valence-corrected chi connectivity index (χ3v) is 4.39. The molecule has 0 radical (unpaired) electrons. The molecular formula is C20H22N2O. The van der Waals surface area contributed by atoms with Gasteiger partial charge in [-0.1, -0.05) is 55.0 Å². The van der Waals surface area contributed by atoms with Crippen LogP contribution >= 0.6 is 0 Å². The van der Waals surface area contributed by atoms with Gasteiger partial charge in [-0.2, -0.15) is 0 Å². The van der Waals surface area contributed by atoms with Gasteiger partial charge in [-0.15, -0.1) is 0 Å². The number of para-hydroxylation sites is 1. The topological polar surface area (TPSA) is 36.1 Å². The van der Waals surface area contributed by atoms with E-state index in [0.717, 1.165) is 22.0 Å². The Labute approximate surface area is 136 Å². The largest absolute Gasteiger partial charge is 0.361 e. The number of nitrogens with zero attached hydrogens (tertiary/aromatic N) is 1. The number of fused-ring (bicyclic) bond motifs is 1. The van der Waals surface area contributed by atoms with Gasteiger partial charge in [-0.25, -0.2) is 0 Å². The van der Waals surface area contributed by atoms with Crippen LogP contribution in [0.4, 0.5) is 0 Å². The number of aromatic amines is 1. The minimum Gasteiger partial charge on any atom is -0.361 e. The lowest BCUT2D eigenvalue weighted by Crippen LogP contribution is -2.31. The molecule has 1 heterocycles. The molecule has 0 aliphatic carbocycles. The molecule has 1 atom stereocenters. The van der Waals surface area contributed by atoms with Gasteiger partial charge < -0.3 is 9.88 Å². The highest BCUT2D eigenvalue weighted by Crippen LogP contribution is 2.33. The van der Waals surface area contributed by atoms with Crippen molar-refractivity contribution in [3.63, 3.8) is 0 Å². The maximum atomic E-state index is 12.3. The van der Waals surface area contributed by atoms with Crippen LogP contribution < -0.4 is 0 Å². The molecule has 23 heavy (non-hydrogen) atoms. The first-order chi connectivity index (χ1) is 11.1. The SMILES string of the molecule is CCC(=O)N(C)C(c1ccc(C)cc1)c1c[nH]c2ccccc12. The number of aryl methyl sites for hydroxylation is 1. The zero-order valence-electron chi connectivity index (χ0n) is 13.8. The number of hydrogen-bond donors (Lipinski definition) is 1. The van der Waals surface area contributed by atoms with Crippen LogP contribution in [0.2, 0.25) is 0 Å². The number of H-pyrrole nitrogens is 1. The Kier molecular flexibility index (Phi) is 4.20. The van der Waals surface area contributed by atoms with E-state index >= 15 is 0 Å². The van der Waals surface area contributed by atoms with Crippen LogP contribution in [0.3, 0.4) is 0 Å². The first-order valence-electron chi connectivity index (χ1n) is 8.00. The van der Waals surface area contributed by atoms with Crippen LogP contribution in [0.5, 0.6) is 0 Å². The van der Waals surface area contributed by atoms with E-state index in [0.29, 0.717) is 6.42 Å². The maximum absolute atomic E-state index is 12.3. The molecule has 3 rings (SSSR count). The monoisotopic (exact) mass is 306 g/mol. The number of carbonyl (C=O) groups excluding carboxylic acids is 1. The summed E-state index contributed by atoms with van der Waals surface area (Å²) in [5.41, 5.74) is 4.58. The smallest absolute Gasteiger partial charge is 0.222 e. The van der Waals surface area contributed by atoms with E-state index < -0.39 is 0 Å². The molecule has 3 aromatic rings. The minimum absolute atomic E-state index is 0.0841. The molecule has 1 aromatic heterocycles. The fourth-order valence-electron chi connectivity index (χ4n) is 3.07. The van der Waals surface area contributed by atoms with Crippen molar-refractivity contribution in [2.24, 2.45) is 0 Å². The number of amides is 1. The molecule has 0 spiro atoms. The highest BCUT2D eigenvalue weighted by molar-refractivity contribution is 5.85. The molecule has 3 nitrogen and oxygen atoms in total. The second-order valence-electron chi connectivity index (χ2n) is 5.96. The standard InChI is InChI=1S/C20H22N2O/c1-4-19(23)22(3)20(15-11-9-14(2)10-12-15)17-13-21-18-8-6-5-7-16(17)18/h5-13,20-21H,4H2,1-3H3. The van der Waals surface area contributed by atoms with Crippen molar-refractivity contribution in [3.8, 4) is 0 Å². The summed E-state index contributed by atoms with van der Waals surface area (Å²) in [6.45, 7) is 3.98. The molecule has 1 N–H and O–H groups in total. The third-order valence-electron chi connectivity index (χ3n) is 4.39. The molecule has 3 heteroatoms. The van der Waals surface area contributed by atoms with Gasteiger partial charge in [0.05, 0.1) is 6.04 Å². The van der Waals surface area contributed by atoms with E-state index in [9.17, 15) is 4.79 Å². The van der Waals surface area contributed by atoms with Crippen LogP contribution in [0, 0.1) is 6.92 Å². The van der Waals surface area contributed by atoms with Crippen LogP contribution in [0.15, 0.2) is 54.7 Å². The normalized spacial score (nSPS) is 12.3. The summed E-state index contributed by atoms with van der Waals surface area (Å²) in [4.78, 5) is 17.5. The Morgan fingerprint density at radius 1 is 1.13 bits per heavy atom. The summed E-state index contributed by atoms with van der Waals surface area (Å²) in [6, 6.07) is 16.6. The Balaban J connectivity index is 2.15. The van der Waals surface area contributed by atoms with Crippen molar-refractivity contribution in [1.29, 1.82) is 0 Å². The van der Waals surface area contributed by atoms with Crippen LogP contribution in [0.1, 0.15) is 36.1 Å². The van der Waals surface area contributed by atoms with E-state index in [4.69, 9.17) is 0 Å². The molecule has 2 aromatic carbocycles. The zero-order valence-corrected chi connectivity index (χ0v) is 13.8. The Hall–Kier alpha value is -2.55. The summed E-state index contributed by atoms with van der Waals surface area (Å²) in [5.74, 6) is 0.140. The first kappa shape index (κ1) is 15.3. The molecule has 0 bridgehead atoms. The lowest BCUT2D eigenvalue weighted by Gasteiger charge is -2.28. The fraction of sp³-hybridized carbons (Fsp3) is 0.250. The Bertz CT molecular complexity index is 817.